The highest BCUT2D eigenvalue weighted by Crippen LogP contribution is 2.34. The fourth-order valence-corrected chi connectivity index (χ4v) is 2.51. The lowest BCUT2D eigenvalue weighted by molar-refractivity contribution is 0.413. The van der Waals surface area contributed by atoms with Crippen molar-refractivity contribution in [2.45, 2.75) is 6.04 Å². The van der Waals surface area contributed by atoms with Gasteiger partial charge in [0.15, 0.2) is 0 Å². The summed E-state index contributed by atoms with van der Waals surface area (Å²) in [6, 6.07) is 2.41. The lowest BCUT2D eigenvalue weighted by Gasteiger charge is -2.12. The number of nitrogens with two attached hydrogens (primary N) is 1. The monoisotopic (exact) mass is 347 g/mol. The number of alkyl halides is 1. The standard InChI is InChI=1S/C8H8Br2FNO.ClH/c9-4-1-5(10)8(6(12)3-11)7(13)2-4;/h1-2,6,13H,3,12H2;1H/t6-;/m0./s1. The van der Waals surface area contributed by atoms with Crippen molar-refractivity contribution in [1.29, 1.82) is 0 Å². The fraction of sp³-hybridized carbons (Fsp3) is 0.250. The van der Waals surface area contributed by atoms with Crippen molar-refractivity contribution in [3.8, 4) is 5.75 Å². The molecule has 0 aliphatic heterocycles. The van der Waals surface area contributed by atoms with E-state index >= 15 is 0 Å². The summed E-state index contributed by atoms with van der Waals surface area (Å²) in [4.78, 5) is 0. The quantitative estimate of drug-likeness (QED) is 0.860. The van der Waals surface area contributed by atoms with Gasteiger partial charge < -0.3 is 10.8 Å². The maximum absolute atomic E-state index is 12.3. The minimum absolute atomic E-state index is 0. The van der Waals surface area contributed by atoms with Crippen LogP contribution in [0.25, 0.3) is 0 Å². The van der Waals surface area contributed by atoms with E-state index in [9.17, 15) is 9.50 Å². The summed E-state index contributed by atoms with van der Waals surface area (Å²) < 4.78 is 13.6. The summed E-state index contributed by atoms with van der Waals surface area (Å²) in [6.07, 6.45) is 0. The van der Waals surface area contributed by atoms with Crippen LogP contribution in [0.1, 0.15) is 11.6 Å². The summed E-state index contributed by atoms with van der Waals surface area (Å²) in [7, 11) is 0. The summed E-state index contributed by atoms with van der Waals surface area (Å²) >= 11 is 6.40. The molecule has 0 saturated carbocycles. The Balaban J connectivity index is 0.00000169. The highest BCUT2D eigenvalue weighted by Gasteiger charge is 2.15. The van der Waals surface area contributed by atoms with Gasteiger partial charge in [-0.3, -0.25) is 0 Å². The molecular weight excluding hydrogens is 340 g/mol. The number of rotatable bonds is 2. The van der Waals surface area contributed by atoms with E-state index in [-0.39, 0.29) is 18.2 Å². The minimum Gasteiger partial charge on any atom is -0.508 e. The third-order valence-electron chi connectivity index (χ3n) is 1.61. The molecule has 0 fully saturated rings. The Morgan fingerprint density at radius 2 is 2.00 bits per heavy atom. The first kappa shape index (κ1) is 14.2. The topological polar surface area (TPSA) is 46.2 Å². The fourth-order valence-electron chi connectivity index (χ4n) is 1.02. The number of phenols is 1. The van der Waals surface area contributed by atoms with E-state index in [1.165, 1.54) is 6.07 Å². The Labute approximate surface area is 104 Å². The Morgan fingerprint density at radius 3 is 2.43 bits per heavy atom. The normalized spacial score (nSPS) is 12.0. The van der Waals surface area contributed by atoms with Crippen molar-refractivity contribution in [2.75, 3.05) is 6.67 Å². The number of halogens is 4. The van der Waals surface area contributed by atoms with E-state index in [0.29, 0.717) is 14.5 Å². The van der Waals surface area contributed by atoms with Gasteiger partial charge in [-0.2, -0.15) is 0 Å². The number of benzene rings is 1. The molecule has 1 aromatic carbocycles. The predicted molar refractivity (Wildman–Crippen MR) is 63.7 cm³/mol. The number of aromatic hydroxyl groups is 1. The van der Waals surface area contributed by atoms with Crippen LogP contribution >= 0.6 is 44.3 Å². The maximum Gasteiger partial charge on any atom is 0.122 e. The summed E-state index contributed by atoms with van der Waals surface area (Å²) in [5, 5.41) is 9.47. The van der Waals surface area contributed by atoms with Gasteiger partial charge in [0.05, 0.1) is 6.04 Å². The molecule has 0 bridgehead atoms. The second kappa shape index (κ2) is 5.90. The van der Waals surface area contributed by atoms with Crippen LogP contribution in [-0.2, 0) is 0 Å². The molecule has 0 aliphatic rings. The molecule has 3 N–H and O–H groups in total. The molecule has 0 radical (unpaired) electrons. The molecule has 14 heavy (non-hydrogen) atoms. The van der Waals surface area contributed by atoms with Crippen molar-refractivity contribution >= 4 is 44.3 Å². The van der Waals surface area contributed by atoms with Crippen molar-refractivity contribution < 1.29 is 9.50 Å². The number of hydrogen-bond donors (Lipinski definition) is 2. The zero-order valence-corrected chi connectivity index (χ0v) is 11.0. The van der Waals surface area contributed by atoms with Gasteiger partial charge in [-0.25, -0.2) is 4.39 Å². The first-order chi connectivity index (χ1) is 6.06. The van der Waals surface area contributed by atoms with E-state index in [0.717, 1.165) is 0 Å². The van der Waals surface area contributed by atoms with Gasteiger partial charge in [-0.15, -0.1) is 12.4 Å². The van der Waals surface area contributed by atoms with Gasteiger partial charge in [0.2, 0.25) is 0 Å². The molecule has 80 valence electrons. The van der Waals surface area contributed by atoms with E-state index in [1.54, 1.807) is 6.07 Å². The highest BCUT2D eigenvalue weighted by molar-refractivity contribution is 9.11. The van der Waals surface area contributed by atoms with E-state index in [1.807, 2.05) is 0 Å². The average molecular weight is 349 g/mol. The van der Waals surface area contributed by atoms with Crippen LogP contribution in [0, 0.1) is 0 Å². The van der Waals surface area contributed by atoms with Gasteiger partial charge in [-0.1, -0.05) is 31.9 Å². The Kier molecular flexibility index (Phi) is 5.97. The smallest absolute Gasteiger partial charge is 0.122 e. The van der Waals surface area contributed by atoms with E-state index < -0.39 is 12.7 Å². The number of hydrogen-bond acceptors (Lipinski definition) is 2. The second-order valence-corrected chi connectivity index (χ2v) is 4.35. The predicted octanol–water partition coefficient (Wildman–Crippen LogP) is 3.31. The third kappa shape index (κ3) is 3.08. The molecule has 0 aromatic heterocycles. The zero-order chi connectivity index (χ0) is 10.0. The van der Waals surface area contributed by atoms with Crippen LogP contribution in [0.5, 0.6) is 5.75 Å². The van der Waals surface area contributed by atoms with Crippen molar-refractivity contribution in [1.82, 2.24) is 0 Å². The molecule has 1 rings (SSSR count). The van der Waals surface area contributed by atoms with Gasteiger partial charge >= 0.3 is 0 Å². The second-order valence-electron chi connectivity index (χ2n) is 2.58. The molecule has 0 aliphatic carbocycles. The van der Waals surface area contributed by atoms with Gasteiger partial charge in [0.25, 0.3) is 0 Å². The summed E-state index contributed by atoms with van der Waals surface area (Å²) in [5.74, 6) is -0.00796. The molecule has 6 heteroatoms. The van der Waals surface area contributed by atoms with Crippen LogP contribution in [0.3, 0.4) is 0 Å². The lowest BCUT2D eigenvalue weighted by atomic mass is 10.1. The van der Waals surface area contributed by atoms with Gasteiger partial charge in [0.1, 0.15) is 12.4 Å². The Hall–Kier alpha value is 0.160. The highest BCUT2D eigenvalue weighted by atomic mass is 79.9. The summed E-state index contributed by atoms with van der Waals surface area (Å²) in [6.45, 7) is -0.701. The molecule has 0 heterocycles. The van der Waals surface area contributed by atoms with Crippen molar-refractivity contribution in [3.05, 3.63) is 26.6 Å². The first-order valence-electron chi connectivity index (χ1n) is 3.55. The van der Waals surface area contributed by atoms with Crippen molar-refractivity contribution in [3.63, 3.8) is 0 Å². The minimum atomic E-state index is -0.789. The van der Waals surface area contributed by atoms with Crippen LogP contribution in [0.2, 0.25) is 0 Å². The van der Waals surface area contributed by atoms with Crippen LogP contribution in [0.4, 0.5) is 4.39 Å². The van der Waals surface area contributed by atoms with Crippen molar-refractivity contribution in [2.24, 2.45) is 5.73 Å². The first-order valence-corrected chi connectivity index (χ1v) is 5.14. The molecule has 1 atom stereocenters. The molecule has 0 saturated heterocycles. The van der Waals surface area contributed by atoms with Crippen LogP contribution < -0.4 is 5.73 Å². The number of phenolic OH excluding ortho intramolecular Hbond substituents is 1. The molecule has 2 nitrogen and oxygen atoms in total. The molecular formula is C8H9Br2ClFNO. The zero-order valence-electron chi connectivity index (χ0n) is 7.01. The Morgan fingerprint density at radius 1 is 1.43 bits per heavy atom. The molecule has 1 aromatic rings. The van der Waals surface area contributed by atoms with Crippen LogP contribution in [-0.4, -0.2) is 11.8 Å². The van der Waals surface area contributed by atoms with Crippen LogP contribution in [0.15, 0.2) is 21.1 Å². The largest absolute Gasteiger partial charge is 0.508 e. The molecule has 0 spiro atoms. The Bertz CT molecular complexity index is 301. The lowest BCUT2D eigenvalue weighted by Crippen LogP contribution is -2.13. The van der Waals surface area contributed by atoms with E-state index in [4.69, 9.17) is 5.73 Å². The molecule has 0 unspecified atom stereocenters. The average Bonchev–Trinajstić information content (AvgIpc) is 2.02. The summed E-state index contributed by atoms with van der Waals surface area (Å²) in [5.41, 5.74) is 5.86. The van der Waals surface area contributed by atoms with E-state index in [2.05, 4.69) is 31.9 Å². The maximum atomic E-state index is 12.3. The SMILES string of the molecule is Cl.N[C@@H](CF)c1c(O)cc(Br)cc1Br. The third-order valence-corrected chi connectivity index (χ3v) is 2.72. The van der Waals surface area contributed by atoms with Gasteiger partial charge in [-0.05, 0) is 12.1 Å². The van der Waals surface area contributed by atoms with Gasteiger partial charge in [0, 0.05) is 14.5 Å². The molecule has 0 amide bonds.